The van der Waals surface area contributed by atoms with Gasteiger partial charge in [-0.3, -0.25) is 4.79 Å². The fourth-order valence-corrected chi connectivity index (χ4v) is 1.37. The van der Waals surface area contributed by atoms with Crippen LogP contribution in [0.2, 0.25) is 0 Å². The molecule has 2 rings (SSSR count). The maximum Gasteiger partial charge on any atom is 1.00 e. The van der Waals surface area contributed by atoms with E-state index in [0.29, 0.717) is 11.3 Å². The third-order valence-corrected chi connectivity index (χ3v) is 2.25. The van der Waals surface area contributed by atoms with Crippen LogP contribution >= 0.6 is 0 Å². The molecule has 0 spiro atoms. The van der Waals surface area contributed by atoms with E-state index >= 15 is 0 Å². The molecule has 1 aromatic carbocycles. The van der Waals surface area contributed by atoms with Gasteiger partial charge < -0.3 is 5.11 Å². The van der Waals surface area contributed by atoms with Gasteiger partial charge in [0.1, 0.15) is 0 Å². The van der Waals surface area contributed by atoms with Crippen LogP contribution in [0.4, 0.5) is 5.69 Å². The molecule has 1 aromatic rings. The molecule has 0 heterocycles. The van der Waals surface area contributed by atoms with E-state index < -0.39 is 0 Å². The Bertz CT molecular complexity index is 512. The van der Waals surface area contributed by atoms with Crippen molar-refractivity contribution in [3.8, 4) is 5.75 Å². The summed E-state index contributed by atoms with van der Waals surface area (Å²) in [6.07, 6.45) is 6.24. The average Bonchev–Trinajstić information content (AvgIpc) is 2.27. The molecule has 0 bridgehead atoms. The van der Waals surface area contributed by atoms with E-state index in [1.807, 2.05) is 0 Å². The van der Waals surface area contributed by atoms with Gasteiger partial charge in [-0.05, 0) is 43.4 Å². The summed E-state index contributed by atoms with van der Waals surface area (Å²) in [5.74, 6) is -0.0288. The first-order valence-electron chi connectivity index (χ1n) is 4.91. The molecule has 1 aliphatic carbocycles. The standard InChI is InChI=1S/C13H11NO2.Na/c1-9-8-11(4-7-13(9)16)14-10-2-5-12(15)6-3-10;/h2-8,16H,1H3;/q;+1/p-1. The Morgan fingerprint density at radius 2 is 1.76 bits per heavy atom. The SMILES string of the molecule is Cc1cc(N=C2C=CC(=O)C=C2)ccc1[O-].[Na+]. The van der Waals surface area contributed by atoms with Gasteiger partial charge in [-0.15, -0.1) is 5.75 Å². The van der Waals surface area contributed by atoms with Crippen LogP contribution < -0.4 is 34.7 Å². The molecule has 0 aliphatic heterocycles. The van der Waals surface area contributed by atoms with Crippen molar-refractivity contribution in [2.75, 3.05) is 0 Å². The fourth-order valence-electron chi connectivity index (χ4n) is 1.37. The predicted octanol–water partition coefficient (Wildman–Crippen LogP) is -1.16. The maximum atomic E-state index is 11.2. The van der Waals surface area contributed by atoms with Gasteiger partial charge in [0.25, 0.3) is 0 Å². The maximum absolute atomic E-state index is 11.2. The van der Waals surface area contributed by atoms with Gasteiger partial charge in [0.2, 0.25) is 0 Å². The van der Waals surface area contributed by atoms with Gasteiger partial charge in [0.05, 0.1) is 11.4 Å². The van der Waals surface area contributed by atoms with Crippen LogP contribution in [0, 0.1) is 6.92 Å². The third kappa shape index (κ3) is 3.66. The number of hydrogen-bond acceptors (Lipinski definition) is 3. The summed E-state index contributed by atoms with van der Waals surface area (Å²) in [4.78, 5) is 15.2. The van der Waals surface area contributed by atoms with Crippen molar-refractivity contribution in [3.05, 3.63) is 48.1 Å². The normalized spacial score (nSPS) is 13.5. The van der Waals surface area contributed by atoms with E-state index in [0.717, 1.165) is 5.69 Å². The average molecular weight is 235 g/mol. The molecule has 0 unspecified atom stereocenters. The van der Waals surface area contributed by atoms with E-state index in [-0.39, 0.29) is 41.1 Å². The summed E-state index contributed by atoms with van der Waals surface area (Å²) in [7, 11) is 0. The fraction of sp³-hybridized carbons (Fsp3) is 0.0769. The Balaban J connectivity index is 0.00000144. The Kier molecular flexibility index (Phi) is 4.87. The first-order chi connectivity index (χ1) is 7.65. The minimum atomic E-state index is -0.0370. The minimum absolute atomic E-state index is 0. The molecule has 17 heavy (non-hydrogen) atoms. The van der Waals surface area contributed by atoms with Crippen LogP contribution in [-0.2, 0) is 4.79 Å². The predicted molar refractivity (Wildman–Crippen MR) is 61.0 cm³/mol. The number of rotatable bonds is 1. The van der Waals surface area contributed by atoms with E-state index in [1.54, 1.807) is 31.2 Å². The number of nitrogens with zero attached hydrogens (tertiary/aromatic N) is 1. The second kappa shape index (κ2) is 5.96. The number of allylic oxidation sites excluding steroid dienone is 4. The second-order valence-electron chi connectivity index (χ2n) is 3.56. The Morgan fingerprint density at radius 3 is 2.35 bits per heavy atom. The molecule has 4 heteroatoms. The molecule has 0 amide bonds. The Labute approximate surface area is 122 Å². The van der Waals surface area contributed by atoms with Gasteiger partial charge in [0, 0.05) is 0 Å². The number of carbonyl (C=O) groups is 1. The number of aliphatic imine (C=N–C) groups is 1. The molecule has 0 N–H and O–H groups in total. The summed E-state index contributed by atoms with van der Waals surface area (Å²) in [6.45, 7) is 1.75. The van der Waals surface area contributed by atoms with Gasteiger partial charge in [-0.1, -0.05) is 11.6 Å². The van der Waals surface area contributed by atoms with Crippen molar-refractivity contribution in [3.63, 3.8) is 0 Å². The monoisotopic (exact) mass is 235 g/mol. The zero-order valence-corrected chi connectivity index (χ0v) is 11.8. The van der Waals surface area contributed by atoms with Gasteiger partial charge in [-0.2, -0.15) is 0 Å². The molecule has 0 atom stereocenters. The molecule has 80 valence electrons. The number of benzene rings is 1. The van der Waals surface area contributed by atoms with Crippen molar-refractivity contribution in [1.82, 2.24) is 0 Å². The first kappa shape index (κ1) is 13.9. The quantitative estimate of drug-likeness (QED) is 0.455. The third-order valence-electron chi connectivity index (χ3n) is 2.25. The topological polar surface area (TPSA) is 52.5 Å². The van der Waals surface area contributed by atoms with Gasteiger partial charge in [-0.25, -0.2) is 4.99 Å². The zero-order valence-electron chi connectivity index (χ0n) is 9.81. The number of carbonyl (C=O) groups excluding carboxylic acids is 1. The van der Waals surface area contributed by atoms with Crippen LogP contribution in [0.5, 0.6) is 5.75 Å². The number of ketones is 1. The summed E-state index contributed by atoms with van der Waals surface area (Å²) in [6, 6.07) is 4.89. The Hall–Kier alpha value is -1.16. The molecule has 0 saturated heterocycles. The van der Waals surface area contributed by atoms with Crippen LogP contribution in [0.15, 0.2) is 47.5 Å². The summed E-state index contributed by atoms with van der Waals surface area (Å²) in [5.41, 5.74) is 2.09. The Morgan fingerprint density at radius 1 is 1.12 bits per heavy atom. The molecule has 0 radical (unpaired) electrons. The first-order valence-corrected chi connectivity index (χ1v) is 4.91. The van der Waals surface area contributed by atoms with Crippen LogP contribution in [-0.4, -0.2) is 11.5 Å². The summed E-state index contributed by atoms with van der Waals surface area (Å²) in [5, 5.41) is 11.2. The molecule has 0 aromatic heterocycles. The minimum Gasteiger partial charge on any atom is -0.872 e. The van der Waals surface area contributed by atoms with Gasteiger partial charge >= 0.3 is 29.6 Å². The van der Waals surface area contributed by atoms with Crippen molar-refractivity contribution in [2.45, 2.75) is 6.92 Å². The molecule has 3 nitrogen and oxygen atoms in total. The molecular formula is C13H10NNaO2. The largest absolute Gasteiger partial charge is 1.00 e. The van der Waals surface area contributed by atoms with Crippen molar-refractivity contribution in [2.24, 2.45) is 4.99 Å². The molecule has 0 saturated carbocycles. The molecule has 1 aliphatic rings. The smallest absolute Gasteiger partial charge is 0.872 e. The summed E-state index contributed by atoms with van der Waals surface area (Å²) < 4.78 is 0. The van der Waals surface area contributed by atoms with Crippen molar-refractivity contribution < 1.29 is 39.5 Å². The van der Waals surface area contributed by atoms with E-state index in [2.05, 4.69) is 4.99 Å². The number of hydrogen-bond donors (Lipinski definition) is 0. The van der Waals surface area contributed by atoms with Crippen LogP contribution in [0.3, 0.4) is 0 Å². The van der Waals surface area contributed by atoms with Gasteiger partial charge in [0.15, 0.2) is 5.78 Å². The van der Waals surface area contributed by atoms with Crippen LogP contribution in [0.1, 0.15) is 5.56 Å². The zero-order chi connectivity index (χ0) is 11.5. The molecular weight excluding hydrogens is 225 g/mol. The second-order valence-corrected chi connectivity index (χ2v) is 3.56. The van der Waals surface area contributed by atoms with Crippen molar-refractivity contribution in [1.29, 1.82) is 0 Å². The van der Waals surface area contributed by atoms with E-state index in [1.165, 1.54) is 18.2 Å². The van der Waals surface area contributed by atoms with Crippen LogP contribution in [0.25, 0.3) is 0 Å². The van der Waals surface area contributed by atoms with E-state index in [9.17, 15) is 9.90 Å². The number of aryl methyl sites for hydroxylation is 1. The van der Waals surface area contributed by atoms with E-state index in [4.69, 9.17) is 0 Å². The van der Waals surface area contributed by atoms with Crippen molar-refractivity contribution >= 4 is 17.2 Å². The summed E-state index contributed by atoms with van der Waals surface area (Å²) >= 11 is 0. The molecule has 0 fully saturated rings.